The number of amides is 1. The summed E-state index contributed by atoms with van der Waals surface area (Å²) in [4.78, 5) is 40.9. The molecule has 3 N–H and O–H groups in total. The number of nitrogens with zero attached hydrogens (tertiary/aromatic N) is 1. The molecule has 1 aromatic carbocycles. The fourth-order valence-corrected chi connectivity index (χ4v) is 2.96. The standard InChI is InChI=1S/C20H27N3O5/c1-5-28-20(27)13(4)22-18(12(2)3)19(26)23(11-17(24)25)15-6-7-16-14(10-15)8-9-21-16/h6-10,12-13,18,21-22H,5,11H2,1-4H3,(H,24,25). The molecule has 0 aliphatic carbocycles. The molecule has 0 spiro atoms. The van der Waals surface area contributed by atoms with E-state index in [0.29, 0.717) is 5.69 Å². The van der Waals surface area contributed by atoms with Crippen molar-refractivity contribution in [2.75, 3.05) is 18.1 Å². The van der Waals surface area contributed by atoms with Crippen molar-refractivity contribution in [2.24, 2.45) is 5.92 Å². The number of carboxylic acids is 1. The van der Waals surface area contributed by atoms with Crippen LogP contribution in [-0.2, 0) is 19.1 Å². The van der Waals surface area contributed by atoms with E-state index in [1.165, 1.54) is 4.90 Å². The molecule has 2 aromatic rings. The van der Waals surface area contributed by atoms with Crippen LogP contribution < -0.4 is 10.2 Å². The number of aromatic amines is 1. The number of hydrogen-bond acceptors (Lipinski definition) is 5. The first-order valence-electron chi connectivity index (χ1n) is 9.27. The number of aromatic nitrogens is 1. The first-order chi connectivity index (χ1) is 13.2. The van der Waals surface area contributed by atoms with Crippen molar-refractivity contribution >= 4 is 34.4 Å². The van der Waals surface area contributed by atoms with Crippen LogP contribution in [0.1, 0.15) is 27.7 Å². The van der Waals surface area contributed by atoms with Crippen molar-refractivity contribution in [3.8, 4) is 0 Å². The van der Waals surface area contributed by atoms with Crippen molar-refractivity contribution in [2.45, 2.75) is 39.8 Å². The molecule has 152 valence electrons. The minimum absolute atomic E-state index is 0.170. The Hall–Kier alpha value is -2.87. The van der Waals surface area contributed by atoms with Crippen molar-refractivity contribution in [1.29, 1.82) is 0 Å². The Morgan fingerprint density at radius 2 is 1.93 bits per heavy atom. The van der Waals surface area contributed by atoms with Gasteiger partial charge in [-0.25, -0.2) is 0 Å². The van der Waals surface area contributed by atoms with E-state index in [1.54, 1.807) is 38.2 Å². The van der Waals surface area contributed by atoms with Gasteiger partial charge in [-0.15, -0.1) is 0 Å². The maximum atomic E-state index is 13.3. The number of carbonyl (C=O) groups is 3. The average molecular weight is 389 g/mol. The molecule has 0 aliphatic rings. The van der Waals surface area contributed by atoms with Gasteiger partial charge in [-0.05, 0) is 44.0 Å². The minimum Gasteiger partial charge on any atom is -0.480 e. The molecule has 0 aliphatic heterocycles. The number of nitrogens with one attached hydrogen (secondary N) is 2. The highest BCUT2D eigenvalue weighted by Crippen LogP contribution is 2.23. The number of carbonyl (C=O) groups excluding carboxylic acids is 2. The smallest absolute Gasteiger partial charge is 0.323 e. The number of carboxylic acid groups (broad SMARTS) is 1. The van der Waals surface area contributed by atoms with Crippen molar-refractivity contribution in [1.82, 2.24) is 10.3 Å². The van der Waals surface area contributed by atoms with E-state index in [1.807, 2.05) is 19.9 Å². The number of aliphatic carboxylic acids is 1. The molecule has 1 heterocycles. The summed E-state index contributed by atoms with van der Waals surface area (Å²) in [6, 6.07) is 5.66. The second-order valence-corrected chi connectivity index (χ2v) is 6.93. The lowest BCUT2D eigenvalue weighted by Gasteiger charge is -2.30. The summed E-state index contributed by atoms with van der Waals surface area (Å²) in [7, 11) is 0. The van der Waals surface area contributed by atoms with Gasteiger partial charge in [0.25, 0.3) is 0 Å². The van der Waals surface area contributed by atoms with Gasteiger partial charge < -0.3 is 14.8 Å². The lowest BCUT2D eigenvalue weighted by molar-refractivity contribution is -0.145. The van der Waals surface area contributed by atoms with Gasteiger partial charge in [0, 0.05) is 22.8 Å². The Bertz CT molecular complexity index is 845. The molecule has 0 saturated heterocycles. The molecule has 8 nitrogen and oxygen atoms in total. The van der Waals surface area contributed by atoms with Gasteiger partial charge in [-0.1, -0.05) is 13.8 Å². The molecule has 8 heteroatoms. The van der Waals surface area contributed by atoms with Gasteiger partial charge in [0.05, 0.1) is 12.6 Å². The highest BCUT2D eigenvalue weighted by atomic mass is 16.5. The van der Waals surface area contributed by atoms with Gasteiger partial charge in [0.15, 0.2) is 0 Å². The van der Waals surface area contributed by atoms with E-state index in [0.717, 1.165) is 10.9 Å². The molecule has 0 radical (unpaired) electrons. The zero-order valence-electron chi connectivity index (χ0n) is 16.6. The molecule has 0 fully saturated rings. The van der Waals surface area contributed by atoms with Crippen LogP contribution in [0.4, 0.5) is 5.69 Å². The maximum Gasteiger partial charge on any atom is 0.323 e. The molecule has 1 amide bonds. The Morgan fingerprint density at radius 1 is 1.21 bits per heavy atom. The second kappa shape index (κ2) is 9.36. The summed E-state index contributed by atoms with van der Waals surface area (Å²) in [6.07, 6.45) is 1.78. The Balaban J connectivity index is 2.32. The number of esters is 1. The molecule has 0 bridgehead atoms. The molecule has 1 aromatic heterocycles. The minimum atomic E-state index is -1.12. The van der Waals surface area contributed by atoms with Crippen LogP contribution in [0.25, 0.3) is 10.9 Å². The highest BCUT2D eigenvalue weighted by molar-refractivity contribution is 6.02. The van der Waals surface area contributed by atoms with Crippen LogP contribution in [0, 0.1) is 5.92 Å². The SMILES string of the molecule is CCOC(=O)C(C)NC(C(=O)N(CC(=O)O)c1ccc2[nH]ccc2c1)C(C)C. The summed E-state index contributed by atoms with van der Waals surface area (Å²) < 4.78 is 4.99. The zero-order chi connectivity index (χ0) is 20.8. The van der Waals surface area contributed by atoms with Crippen LogP contribution >= 0.6 is 0 Å². The summed E-state index contributed by atoms with van der Waals surface area (Å²) >= 11 is 0. The fraction of sp³-hybridized carbons (Fsp3) is 0.450. The summed E-state index contributed by atoms with van der Waals surface area (Å²) in [5, 5.41) is 13.2. The van der Waals surface area contributed by atoms with E-state index in [4.69, 9.17) is 4.74 Å². The third kappa shape index (κ3) is 5.10. The van der Waals surface area contributed by atoms with Crippen LogP contribution in [0.2, 0.25) is 0 Å². The molecule has 2 atom stereocenters. The van der Waals surface area contributed by atoms with Crippen molar-refractivity contribution in [3.05, 3.63) is 30.5 Å². The monoisotopic (exact) mass is 389 g/mol. The average Bonchev–Trinajstić information content (AvgIpc) is 3.10. The summed E-state index contributed by atoms with van der Waals surface area (Å²) in [6.45, 7) is 6.76. The number of fused-ring (bicyclic) bond motifs is 1. The summed E-state index contributed by atoms with van der Waals surface area (Å²) in [5.41, 5.74) is 1.37. The molecule has 2 rings (SSSR count). The molecule has 28 heavy (non-hydrogen) atoms. The molecule has 0 saturated carbocycles. The van der Waals surface area contributed by atoms with Gasteiger partial charge >= 0.3 is 11.9 Å². The number of anilines is 1. The Labute approximate surface area is 163 Å². The number of rotatable bonds is 9. The number of benzene rings is 1. The van der Waals surface area contributed by atoms with E-state index < -0.39 is 36.5 Å². The van der Waals surface area contributed by atoms with Crippen molar-refractivity contribution in [3.63, 3.8) is 0 Å². The fourth-order valence-electron chi connectivity index (χ4n) is 2.96. The van der Waals surface area contributed by atoms with E-state index >= 15 is 0 Å². The van der Waals surface area contributed by atoms with E-state index in [2.05, 4.69) is 10.3 Å². The molecular formula is C20H27N3O5. The maximum absolute atomic E-state index is 13.3. The first-order valence-corrected chi connectivity index (χ1v) is 9.27. The second-order valence-electron chi connectivity index (χ2n) is 6.93. The third-order valence-electron chi connectivity index (χ3n) is 4.41. The normalized spacial score (nSPS) is 13.3. The third-order valence-corrected chi connectivity index (χ3v) is 4.41. The van der Waals surface area contributed by atoms with Gasteiger partial charge in [-0.2, -0.15) is 0 Å². The molecule has 2 unspecified atom stereocenters. The number of H-pyrrole nitrogens is 1. The quantitative estimate of drug-likeness (QED) is 0.567. The van der Waals surface area contributed by atoms with Crippen LogP contribution in [-0.4, -0.2) is 53.2 Å². The van der Waals surface area contributed by atoms with Crippen LogP contribution in [0.15, 0.2) is 30.5 Å². The van der Waals surface area contributed by atoms with Gasteiger partial charge in [-0.3, -0.25) is 24.6 Å². The highest BCUT2D eigenvalue weighted by Gasteiger charge is 2.32. The first kappa shape index (κ1) is 21.4. The van der Waals surface area contributed by atoms with Gasteiger partial charge in [0.2, 0.25) is 5.91 Å². The number of hydrogen-bond donors (Lipinski definition) is 3. The van der Waals surface area contributed by atoms with Crippen LogP contribution in [0.3, 0.4) is 0 Å². The predicted molar refractivity (Wildman–Crippen MR) is 106 cm³/mol. The van der Waals surface area contributed by atoms with Gasteiger partial charge in [0.1, 0.15) is 12.6 Å². The molecular weight excluding hydrogens is 362 g/mol. The predicted octanol–water partition coefficient (Wildman–Crippen LogP) is 2.15. The van der Waals surface area contributed by atoms with Crippen LogP contribution in [0.5, 0.6) is 0 Å². The lowest BCUT2D eigenvalue weighted by Crippen LogP contribution is -2.54. The topological polar surface area (TPSA) is 112 Å². The Kier molecular flexibility index (Phi) is 7.17. The Morgan fingerprint density at radius 3 is 2.54 bits per heavy atom. The van der Waals surface area contributed by atoms with Crippen molar-refractivity contribution < 1.29 is 24.2 Å². The largest absolute Gasteiger partial charge is 0.480 e. The lowest BCUT2D eigenvalue weighted by atomic mass is 10.0. The summed E-state index contributed by atoms with van der Waals surface area (Å²) in [5.74, 6) is -2.16. The number of ether oxygens (including phenoxy) is 1. The zero-order valence-corrected chi connectivity index (χ0v) is 16.6. The van der Waals surface area contributed by atoms with E-state index in [-0.39, 0.29) is 12.5 Å². The van der Waals surface area contributed by atoms with E-state index in [9.17, 15) is 19.5 Å².